The van der Waals surface area contributed by atoms with Gasteiger partial charge in [-0.2, -0.15) is 0 Å². The molecule has 0 unspecified atom stereocenters. The van der Waals surface area contributed by atoms with Gasteiger partial charge in [-0.3, -0.25) is 0 Å². The van der Waals surface area contributed by atoms with Gasteiger partial charge in [0.2, 0.25) is 0 Å². The Balaban J connectivity index is -0.000000213. The van der Waals surface area contributed by atoms with Gasteiger partial charge in [-0.25, -0.2) is 0 Å². The summed E-state index contributed by atoms with van der Waals surface area (Å²) in [7, 11) is 0. The quantitative estimate of drug-likeness (QED) is 0.453. The molecule has 0 aliphatic carbocycles. The third kappa shape index (κ3) is 6.91. The summed E-state index contributed by atoms with van der Waals surface area (Å²) in [5.74, 6) is 0. The van der Waals surface area contributed by atoms with Crippen LogP contribution in [0, 0.1) is 0 Å². The first-order chi connectivity index (χ1) is 3.93. The minimum Gasteiger partial charge on any atom is -1.00 e. The summed E-state index contributed by atoms with van der Waals surface area (Å²) in [6, 6.07) is 9.99. The van der Waals surface area contributed by atoms with Gasteiger partial charge in [0.1, 0.15) is 0 Å². The van der Waals surface area contributed by atoms with Crippen molar-refractivity contribution in [3.8, 4) is 0 Å². The molecule has 0 radical (unpaired) electrons. The van der Waals surface area contributed by atoms with Gasteiger partial charge in [-0.05, 0) is 5.56 Å². The van der Waals surface area contributed by atoms with E-state index in [2.05, 4.69) is 0 Å². The van der Waals surface area contributed by atoms with Crippen LogP contribution in [0.1, 0.15) is 5.56 Å². The maximum Gasteiger partial charge on any atom is 2.00 e. The topological polar surface area (TPSA) is 26.0 Å². The van der Waals surface area contributed by atoms with E-state index in [1.54, 1.807) is 0 Å². The molecule has 2 N–H and O–H groups in total. The average molecular weight is 202 g/mol. The van der Waals surface area contributed by atoms with Crippen molar-refractivity contribution in [2.24, 2.45) is 5.73 Å². The maximum absolute atomic E-state index is 5.35. The fourth-order valence-corrected chi connectivity index (χ4v) is 0.614. The first-order valence-electron chi connectivity index (χ1n) is 2.67. The van der Waals surface area contributed by atoms with E-state index in [0.29, 0.717) is 6.54 Å². The minimum atomic E-state index is 0. The Morgan fingerprint density at radius 2 is 1.45 bits per heavy atom. The van der Waals surface area contributed by atoms with Gasteiger partial charge in [0.05, 0.1) is 0 Å². The van der Waals surface area contributed by atoms with Crippen molar-refractivity contribution in [1.82, 2.24) is 0 Å². The molecule has 0 bridgehead atoms. The van der Waals surface area contributed by atoms with Crippen LogP contribution in [0.25, 0.3) is 0 Å². The Labute approximate surface area is 95.7 Å². The molecule has 0 saturated heterocycles. The number of nitrogens with two attached hydrogens (primary N) is 1. The molecule has 1 aromatic carbocycles. The molecule has 0 atom stereocenters. The van der Waals surface area contributed by atoms with E-state index in [4.69, 9.17) is 5.73 Å². The van der Waals surface area contributed by atoms with Crippen molar-refractivity contribution in [2.75, 3.05) is 0 Å². The van der Waals surface area contributed by atoms with Crippen LogP contribution in [0.15, 0.2) is 30.3 Å². The van der Waals surface area contributed by atoms with Gasteiger partial charge in [0.15, 0.2) is 0 Å². The molecule has 0 fully saturated rings. The first-order valence-corrected chi connectivity index (χ1v) is 2.67. The van der Waals surface area contributed by atoms with Gasteiger partial charge in [-0.1, -0.05) is 30.3 Å². The Kier molecular flexibility index (Phi) is 16.8. The average Bonchev–Trinajstić information content (AvgIpc) is 1.90. The minimum absolute atomic E-state index is 0. The van der Waals surface area contributed by atoms with E-state index >= 15 is 0 Å². The van der Waals surface area contributed by atoms with Gasteiger partial charge in [0, 0.05) is 6.54 Å². The molecule has 0 saturated carbocycles. The van der Waals surface area contributed by atoms with E-state index < -0.39 is 0 Å². The Bertz CT molecular complexity index is 158. The van der Waals surface area contributed by atoms with Gasteiger partial charge in [-0.15, -0.1) is 0 Å². The second kappa shape index (κ2) is 10.5. The zero-order valence-corrected chi connectivity index (χ0v) is 9.06. The fourth-order valence-electron chi connectivity index (χ4n) is 0.614. The monoisotopic (exact) mass is 201 g/mol. The van der Waals surface area contributed by atoms with E-state index in [9.17, 15) is 0 Å². The summed E-state index contributed by atoms with van der Waals surface area (Å²) in [5, 5.41) is 0. The van der Waals surface area contributed by atoms with Crippen molar-refractivity contribution in [1.29, 1.82) is 0 Å². The van der Waals surface area contributed by atoms with Gasteiger partial charge < -0.3 is 30.5 Å². The standard InChI is InChI=1S/C7H9N.2ClH.Mg/c8-6-7-4-2-1-3-5-7;;;/h1-5H,6,8H2;2*1H;/q;;;+2/p-2. The van der Waals surface area contributed by atoms with Gasteiger partial charge in [0.25, 0.3) is 0 Å². The van der Waals surface area contributed by atoms with Crippen LogP contribution < -0.4 is 30.5 Å². The molecule has 11 heavy (non-hydrogen) atoms. The first kappa shape index (κ1) is 17.6. The Hall–Kier alpha value is 0.526. The number of hydrogen-bond donors (Lipinski definition) is 1. The molecular formula is C7H9Cl2MgN. The van der Waals surface area contributed by atoms with Crippen LogP contribution in [0.4, 0.5) is 0 Å². The molecule has 0 aromatic heterocycles. The molecule has 4 heteroatoms. The van der Waals surface area contributed by atoms with E-state index in [1.165, 1.54) is 5.56 Å². The Morgan fingerprint density at radius 1 is 1.00 bits per heavy atom. The number of rotatable bonds is 1. The van der Waals surface area contributed by atoms with Crippen molar-refractivity contribution in [3.05, 3.63) is 35.9 Å². The van der Waals surface area contributed by atoms with Crippen LogP contribution in [0.3, 0.4) is 0 Å². The van der Waals surface area contributed by atoms with E-state index in [1.807, 2.05) is 30.3 Å². The smallest absolute Gasteiger partial charge is 1.00 e. The number of halogens is 2. The summed E-state index contributed by atoms with van der Waals surface area (Å²) in [4.78, 5) is 0. The van der Waals surface area contributed by atoms with Crippen LogP contribution >= 0.6 is 0 Å². The second-order valence-corrected chi connectivity index (χ2v) is 1.69. The number of benzene rings is 1. The van der Waals surface area contributed by atoms with E-state index in [-0.39, 0.29) is 47.9 Å². The number of hydrogen-bond acceptors (Lipinski definition) is 1. The van der Waals surface area contributed by atoms with Crippen LogP contribution in [0.5, 0.6) is 0 Å². The molecule has 1 rings (SSSR count). The normalized spacial score (nSPS) is 6.64. The summed E-state index contributed by atoms with van der Waals surface area (Å²) < 4.78 is 0. The molecule has 0 aliphatic rings. The molecule has 1 nitrogen and oxygen atoms in total. The summed E-state index contributed by atoms with van der Waals surface area (Å²) in [5.41, 5.74) is 6.54. The second-order valence-electron chi connectivity index (χ2n) is 1.69. The molecular weight excluding hydrogens is 193 g/mol. The molecule has 0 heterocycles. The van der Waals surface area contributed by atoms with Crippen LogP contribution in [-0.4, -0.2) is 23.1 Å². The summed E-state index contributed by atoms with van der Waals surface area (Å²) in [6.07, 6.45) is 0. The Morgan fingerprint density at radius 3 is 1.73 bits per heavy atom. The predicted octanol–water partition coefficient (Wildman–Crippen LogP) is -5.23. The van der Waals surface area contributed by atoms with E-state index in [0.717, 1.165) is 0 Å². The van der Waals surface area contributed by atoms with Crippen molar-refractivity contribution in [3.63, 3.8) is 0 Å². The van der Waals surface area contributed by atoms with Crippen LogP contribution in [0.2, 0.25) is 0 Å². The fraction of sp³-hybridized carbons (Fsp3) is 0.143. The van der Waals surface area contributed by atoms with Crippen LogP contribution in [-0.2, 0) is 6.54 Å². The molecule has 0 aliphatic heterocycles. The zero-order chi connectivity index (χ0) is 5.82. The van der Waals surface area contributed by atoms with Crippen molar-refractivity contribution in [2.45, 2.75) is 6.54 Å². The van der Waals surface area contributed by atoms with Crippen molar-refractivity contribution < 1.29 is 24.8 Å². The summed E-state index contributed by atoms with van der Waals surface area (Å²) >= 11 is 0. The third-order valence-electron chi connectivity index (χ3n) is 1.08. The van der Waals surface area contributed by atoms with Crippen molar-refractivity contribution >= 4 is 23.1 Å². The summed E-state index contributed by atoms with van der Waals surface area (Å²) in [6.45, 7) is 0.640. The molecule has 0 spiro atoms. The molecule has 0 amide bonds. The zero-order valence-electron chi connectivity index (χ0n) is 6.13. The SMILES string of the molecule is NCc1ccccc1.[Cl-].[Cl-].[Mg+2]. The largest absolute Gasteiger partial charge is 2.00 e. The van der Waals surface area contributed by atoms with Gasteiger partial charge >= 0.3 is 23.1 Å². The third-order valence-corrected chi connectivity index (χ3v) is 1.08. The molecule has 1 aromatic rings. The molecule has 58 valence electrons. The maximum atomic E-state index is 5.35. The predicted molar refractivity (Wildman–Crippen MR) is 40.1 cm³/mol.